The van der Waals surface area contributed by atoms with Crippen molar-refractivity contribution in [2.75, 3.05) is 4.72 Å². The zero-order valence-corrected chi connectivity index (χ0v) is 16.1. The van der Waals surface area contributed by atoms with Crippen LogP contribution in [0.15, 0.2) is 35.6 Å². The number of anilines is 1. The van der Waals surface area contributed by atoms with E-state index >= 15 is 0 Å². The van der Waals surface area contributed by atoms with E-state index in [-0.39, 0.29) is 23.1 Å². The second-order valence-corrected chi connectivity index (χ2v) is 7.84. The first-order valence-corrected chi connectivity index (χ1v) is 9.69. The van der Waals surface area contributed by atoms with Crippen LogP contribution < -0.4 is 4.72 Å². The summed E-state index contributed by atoms with van der Waals surface area (Å²) in [6.07, 6.45) is 1.24. The molecule has 27 heavy (non-hydrogen) atoms. The average Bonchev–Trinajstić information content (AvgIpc) is 3.00. The number of carbonyl (C=O) groups is 1. The highest BCUT2D eigenvalue weighted by molar-refractivity contribution is 7.92. The third-order valence-electron chi connectivity index (χ3n) is 3.64. The highest BCUT2D eigenvalue weighted by Crippen LogP contribution is 2.24. The number of ether oxygens (including phenoxy) is 1. The molecule has 2 heterocycles. The first-order chi connectivity index (χ1) is 12.7. The van der Waals surface area contributed by atoms with Gasteiger partial charge in [-0.2, -0.15) is 13.4 Å². The lowest BCUT2D eigenvalue weighted by Crippen LogP contribution is -2.20. The molecule has 0 saturated heterocycles. The molecule has 0 radical (unpaired) electrons. The van der Waals surface area contributed by atoms with Gasteiger partial charge in [0, 0.05) is 11.9 Å². The van der Waals surface area contributed by atoms with E-state index in [4.69, 9.17) is 4.74 Å². The maximum Gasteiger partial charge on any atom is 0.340 e. The lowest BCUT2D eigenvalue weighted by molar-refractivity contribution is 0.0379. The van der Waals surface area contributed by atoms with Crippen LogP contribution in [-0.4, -0.2) is 40.1 Å². The Kier molecular flexibility index (Phi) is 4.83. The van der Waals surface area contributed by atoms with Gasteiger partial charge in [-0.25, -0.2) is 14.3 Å². The molecule has 0 bridgehead atoms. The summed E-state index contributed by atoms with van der Waals surface area (Å²) in [6.45, 7) is 6.88. The molecule has 0 spiro atoms. The summed E-state index contributed by atoms with van der Waals surface area (Å²) in [5.74, 6) is -0.453. The van der Waals surface area contributed by atoms with Crippen molar-refractivity contribution >= 4 is 27.5 Å². The van der Waals surface area contributed by atoms with E-state index in [1.54, 1.807) is 52.1 Å². The van der Waals surface area contributed by atoms with Crippen LogP contribution in [0.1, 0.15) is 35.5 Å². The maximum atomic E-state index is 12.8. The number of rotatable bonds is 5. The van der Waals surface area contributed by atoms with Crippen LogP contribution in [0.5, 0.6) is 0 Å². The van der Waals surface area contributed by atoms with Gasteiger partial charge in [-0.3, -0.25) is 4.72 Å². The quantitative estimate of drug-likeness (QED) is 0.664. The van der Waals surface area contributed by atoms with E-state index in [1.165, 1.54) is 10.6 Å². The Hall–Kier alpha value is -3.01. The zero-order chi connectivity index (χ0) is 19.8. The smallest absolute Gasteiger partial charge is 0.340 e. The van der Waals surface area contributed by atoms with Gasteiger partial charge in [0.1, 0.15) is 0 Å². The van der Waals surface area contributed by atoms with Crippen molar-refractivity contribution in [1.82, 2.24) is 19.6 Å². The Balaban J connectivity index is 2.01. The van der Waals surface area contributed by atoms with Crippen LogP contribution >= 0.6 is 0 Å². The summed E-state index contributed by atoms with van der Waals surface area (Å²) in [6, 6.07) is 6.52. The van der Waals surface area contributed by atoms with E-state index < -0.39 is 21.1 Å². The minimum absolute atomic E-state index is 0.116. The van der Waals surface area contributed by atoms with Crippen molar-refractivity contribution in [1.29, 1.82) is 0 Å². The Morgan fingerprint density at radius 1 is 1.19 bits per heavy atom. The molecule has 0 unspecified atom stereocenters. The number of aryl methyl sites for hydroxylation is 2. The minimum Gasteiger partial charge on any atom is -0.459 e. The zero-order valence-electron chi connectivity index (χ0n) is 15.3. The number of nitrogens with one attached hydrogen (secondary N) is 1. The lowest BCUT2D eigenvalue weighted by atomic mass is 10.1. The Morgan fingerprint density at radius 2 is 1.93 bits per heavy atom. The largest absolute Gasteiger partial charge is 0.459 e. The minimum atomic E-state index is -4.14. The van der Waals surface area contributed by atoms with Crippen LogP contribution in [-0.2, 0) is 14.8 Å². The van der Waals surface area contributed by atoms with Crippen molar-refractivity contribution in [2.45, 2.75) is 39.0 Å². The fraction of sp³-hybridized carbons (Fsp3) is 0.294. The number of sulfonamides is 1. The predicted molar refractivity (Wildman–Crippen MR) is 98.1 cm³/mol. The second kappa shape index (κ2) is 6.95. The molecular weight excluding hydrogens is 370 g/mol. The third-order valence-corrected chi connectivity index (χ3v) is 4.77. The van der Waals surface area contributed by atoms with Gasteiger partial charge < -0.3 is 4.74 Å². The summed E-state index contributed by atoms with van der Waals surface area (Å²) in [4.78, 5) is 20.4. The summed E-state index contributed by atoms with van der Waals surface area (Å²) in [5.41, 5.74) is 1.50. The van der Waals surface area contributed by atoms with Gasteiger partial charge in [0.05, 0.1) is 17.4 Å². The summed E-state index contributed by atoms with van der Waals surface area (Å²) in [7, 11) is -4.14. The monoisotopic (exact) mass is 389 g/mol. The van der Waals surface area contributed by atoms with E-state index in [0.29, 0.717) is 11.3 Å². The van der Waals surface area contributed by atoms with Gasteiger partial charge in [0.25, 0.3) is 21.0 Å². The number of para-hydroxylation sites is 1. The molecule has 0 atom stereocenters. The van der Waals surface area contributed by atoms with Gasteiger partial charge in [-0.1, -0.05) is 12.1 Å². The van der Waals surface area contributed by atoms with Crippen LogP contribution in [0.3, 0.4) is 0 Å². The molecule has 2 aromatic heterocycles. The summed E-state index contributed by atoms with van der Waals surface area (Å²) in [5, 5.41) is 3.51. The van der Waals surface area contributed by atoms with Crippen LogP contribution in [0.2, 0.25) is 0 Å². The van der Waals surface area contributed by atoms with Crippen molar-refractivity contribution in [3.63, 3.8) is 0 Å². The van der Waals surface area contributed by atoms with Gasteiger partial charge in [0.15, 0.2) is 0 Å². The van der Waals surface area contributed by atoms with Gasteiger partial charge in [0.2, 0.25) is 0 Å². The van der Waals surface area contributed by atoms with E-state index in [9.17, 15) is 13.2 Å². The number of fused-ring (bicyclic) bond motifs is 1. The molecular formula is C17H19N5O4S. The van der Waals surface area contributed by atoms with Gasteiger partial charge in [-0.05, 0) is 45.4 Å². The summed E-state index contributed by atoms with van der Waals surface area (Å²) >= 11 is 0. The third kappa shape index (κ3) is 3.90. The number of hydrogen-bond donors (Lipinski definition) is 1. The number of nitrogens with zero attached hydrogens (tertiary/aromatic N) is 4. The molecule has 3 aromatic rings. The number of carbonyl (C=O) groups excluding carboxylic acids is 1. The highest BCUT2D eigenvalue weighted by atomic mass is 32.2. The summed E-state index contributed by atoms with van der Waals surface area (Å²) < 4.78 is 34.4. The fourth-order valence-corrected chi connectivity index (χ4v) is 3.42. The van der Waals surface area contributed by atoms with Crippen LogP contribution in [0.25, 0.3) is 5.78 Å². The molecule has 0 amide bonds. The topological polar surface area (TPSA) is 116 Å². The van der Waals surface area contributed by atoms with Crippen LogP contribution in [0.4, 0.5) is 5.69 Å². The molecule has 0 fully saturated rings. The van der Waals surface area contributed by atoms with E-state index in [2.05, 4.69) is 19.8 Å². The van der Waals surface area contributed by atoms with Crippen molar-refractivity contribution in [3.8, 4) is 0 Å². The average molecular weight is 389 g/mol. The molecule has 1 aromatic carbocycles. The molecule has 3 rings (SSSR count). The number of aromatic nitrogens is 4. The molecule has 9 nitrogen and oxygen atoms in total. The van der Waals surface area contributed by atoms with Gasteiger partial charge >= 0.3 is 5.97 Å². The number of benzene rings is 1. The standard InChI is InChI=1S/C17H19N5O4S/c1-10(2)26-15(23)13-7-5-6-11(3)14(13)21-27(24,25)17-19-16-18-12(4)8-9-22(16)20-17/h5-10,21H,1-4H3. The first kappa shape index (κ1) is 18.8. The SMILES string of the molecule is Cc1ccn2nc(S(=O)(=O)Nc3c(C)cccc3C(=O)OC(C)C)nc2n1. The first-order valence-electron chi connectivity index (χ1n) is 8.21. The molecule has 10 heteroatoms. The highest BCUT2D eigenvalue weighted by Gasteiger charge is 2.25. The second-order valence-electron chi connectivity index (χ2n) is 6.26. The molecule has 0 aliphatic rings. The molecule has 0 aliphatic carbocycles. The number of hydrogen-bond acceptors (Lipinski definition) is 7. The fourth-order valence-electron chi connectivity index (χ4n) is 2.39. The lowest BCUT2D eigenvalue weighted by Gasteiger charge is -2.14. The predicted octanol–water partition coefficient (Wildman–Crippen LogP) is 2.11. The molecule has 1 N–H and O–H groups in total. The van der Waals surface area contributed by atoms with Crippen molar-refractivity contribution < 1.29 is 17.9 Å². The normalized spacial score (nSPS) is 11.7. The van der Waals surface area contributed by atoms with E-state index in [1.807, 2.05) is 0 Å². The van der Waals surface area contributed by atoms with Crippen LogP contribution in [0, 0.1) is 13.8 Å². The Bertz CT molecular complexity index is 1120. The van der Waals surface area contributed by atoms with Crippen molar-refractivity contribution in [3.05, 3.63) is 47.3 Å². The Labute approximate surface area is 156 Å². The van der Waals surface area contributed by atoms with Gasteiger partial charge in [-0.15, -0.1) is 5.10 Å². The molecule has 0 aliphatic heterocycles. The number of esters is 1. The maximum absolute atomic E-state index is 12.8. The Morgan fingerprint density at radius 3 is 2.63 bits per heavy atom. The molecule has 0 saturated carbocycles. The molecule has 142 valence electrons. The van der Waals surface area contributed by atoms with Crippen molar-refractivity contribution in [2.24, 2.45) is 0 Å². The van der Waals surface area contributed by atoms with E-state index in [0.717, 1.165) is 0 Å².